The molecular weight excluding hydrogens is 590 g/mol. The third-order valence-corrected chi connectivity index (χ3v) is 8.58. The molecule has 46 heavy (non-hydrogen) atoms. The zero-order valence-electron chi connectivity index (χ0n) is 26.2. The molecule has 2 fully saturated rings. The summed E-state index contributed by atoms with van der Waals surface area (Å²) in [5, 5.41) is 5.38. The SMILES string of the molecule is COC(=O)C(CNC(=O)N1CCC2(CC1)C(=O)N(Cc1ccccc1)CN2c1ccccc1)NC(=O)c1c(OC)cccc1OC. The van der Waals surface area contributed by atoms with E-state index in [1.807, 2.05) is 65.6 Å². The molecule has 242 valence electrons. The second-order valence-electron chi connectivity index (χ2n) is 11.2. The molecule has 2 heterocycles. The number of nitrogens with zero attached hydrogens (tertiary/aromatic N) is 3. The van der Waals surface area contributed by atoms with Crippen molar-refractivity contribution in [3.05, 3.63) is 90.0 Å². The number of likely N-dealkylation sites (tertiary alicyclic amines) is 1. The molecule has 12 nitrogen and oxygen atoms in total. The molecule has 2 saturated heterocycles. The number of ether oxygens (including phenoxy) is 3. The van der Waals surface area contributed by atoms with Crippen LogP contribution in [0.1, 0.15) is 28.8 Å². The number of benzene rings is 3. The first-order valence-electron chi connectivity index (χ1n) is 15.1. The number of para-hydroxylation sites is 1. The van der Waals surface area contributed by atoms with Gasteiger partial charge in [0.1, 0.15) is 28.6 Å². The van der Waals surface area contributed by atoms with Crippen LogP contribution in [0.2, 0.25) is 0 Å². The lowest BCUT2D eigenvalue weighted by Gasteiger charge is -2.43. The van der Waals surface area contributed by atoms with E-state index in [1.54, 1.807) is 23.1 Å². The number of esters is 1. The maximum atomic E-state index is 14.0. The van der Waals surface area contributed by atoms with E-state index >= 15 is 0 Å². The van der Waals surface area contributed by atoms with E-state index in [9.17, 15) is 19.2 Å². The molecule has 0 radical (unpaired) electrons. The number of nitrogens with one attached hydrogen (secondary N) is 2. The van der Waals surface area contributed by atoms with Crippen molar-refractivity contribution in [2.75, 3.05) is 52.5 Å². The highest BCUT2D eigenvalue weighted by Gasteiger charge is 2.54. The van der Waals surface area contributed by atoms with Gasteiger partial charge in [0.05, 0.1) is 34.5 Å². The Bertz CT molecular complexity index is 1520. The Hall–Kier alpha value is -5.26. The van der Waals surface area contributed by atoms with Gasteiger partial charge in [0, 0.05) is 25.3 Å². The van der Waals surface area contributed by atoms with Gasteiger partial charge < -0.3 is 39.5 Å². The molecule has 2 aliphatic heterocycles. The second kappa shape index (κ2) is 14.2. The summed E-state index contributed by atoms with van der Waals surface area (Å²) >= 11 is 0. The average Bonchev–Trinajstić information content (AvgIpc) is 3.36. The number of urea groups is 1. The maximum Gasteiger partial charge on any atom is 0.330 e. The number of piperidine rings is 1. The Morgan fingerprint density at radius 2 is 1.46 bits per heavy atom. The van der Waals surface area contributed by atoms with E-state index in [0.29, 0.717) is 39.1 Å². The smallest absolute Gasteiger partial charge is 0.330 e. The molecular formula is C34H39N5O7. The number of hydrogen-bond donors (Lipinski definition) is 2. The van der Waals surface area contributed by atoms with E-state index in [2.05, 4.69) is 15.5 Å². The van der Waals surface area contributed by atoms with Crippen molar-refractivity contribution in [1.29, 1.82) is 0 Å². The molecule has 0 aromatic heterocycles. The largest absolute Gasteiger partial charge is 0.496 e. The van der Waals surface area contributed by atoms with Gasteiger partial charge in [-0.2, -0.15) is 0 Å². The summed E-state index contributed by atoms with van der Waals surface area (Å²) in [4.78, 5) is 58.8. The van der Waals surface area contributed by atoms with Gasteiger partial charge >= 0.3 is 12.0 Å². The van der Waals surface area contributed by atoms with E-state index in [1.165, 1.54) is 21.3 Å². The Balaban J connectivity index is 1.25. The Morgan fingerprint density at radius 1 is 0.848 bits per heavy atom. The first kappa shape index (κ1) is 32.1. The third kappa shape index (κ3) is 6.56. The molecule has 2 aliphatic rings. The van der Waals surface area contributed by atoms with Crippen molar-refractivity contribution in [3.8, 4) is 11.5 Å². The lowest BCUT2D eigenvalue weighted by Crippen LogP contribution is -2.59. The molecule has 12 heteroatoms. The van der Waals surface area contributed by atoms with Crippen LogP contribution in [0.25, 0.3) is 0 Å². The molecule has 0 saturated carbocycles. The molecule has 4 amide bonds. The van der Waals surface area contributed by atoms with Gasteiger partial charge in [0.25, 0.3) is 5.91 Å². The summed E-state index contributed by atoms with van der Waals surface area (Å²) in [6, 6.07) is 23.0. The minimum Gasteiger partial charge on any atom is -0.496 e. The van der Waals surface area contributed by atoms with Crippen LogP contribution >= 0.6 is 0 Å². The third-order valence-electron chi connectivity index (χ3n) is 8.58. The normalized spacial score (nSPS) is 16.2. The summed E-state index contributed by atoms with van der Waals surface area (Å²) in [6.07, 6.45) is 0.869. The van der Waals surface area contributed by atoms with Crippen molar-refractivity contribution in [2.24, 2.45) is 0 Å². The quantitative estimate of drug-likeness (QED) is 0.328. The number of carbonyl (C=O) groups is 4. The van der Waals surface area contributed by atoms with Gasteiger partial charge in [-0.05, 0) is 42.7 Å². The van der Waals surface area contributed by atoms with Gasteiger partial charge in [-0.1, -0.05) is 54.6 Å². The van der Waals surface area contributed by atoms with Gasteiger partial charge in [-0.15, -0.1) is 0 Å². The van der Waals surface area contributed by atoms with E-state index in [4.69, 9.17) is 14.2 Å². The van der Waals surface area contributed by atoms with Gasteiger partial charge in [0.15, 0.2) is 0 Å². The van der Waals surface area contributed by atoms with Crippen LogP contribution in [0.15, 0.2) is 78.9 Å². The van der Waals surface area contributed by atoms with Gasteiger partial charge in [0.2, 0.25) is 5.91 Å². The molecule has 0 aliphatic carbocycles. The lowest BCUT2D eigenvalue weighted by molar-refractivity contribution is -0.142. The number of anilines is 1. The van der Waals surface area contributed by atoms with Crippen molar-refractivity contribution < 1.29 is 33.4 Å². The number of methoxy groups -OCH3 is 3. The highest BCUT2D eigenvalue weighted by Crippen LogP contribution is 2.40. The van der Waals surface area contributed by atoms with Gasteiger partial charge in [-0.25, -0.2) is 9.59 Å². The van der Waals surface area contributed by atoms with Crippen LogP contribution in [0.3, 0.4) is 0 Å². The fraction of sp³-hybridized carbons (Fsp3) is 0.353. The number of hydrogen-bond acceptors (Lipinski definition) is 8. The monoisotopic (exact) mass is 629 g/mol. The van der Waals surface area contributed by atoms with Crippen LogP contribution in [0, 0.1) is 0 Å². The minimum absolute atomic E-state index is 0.0421. The van der Waals surface area contributed by atoms with E-state index in [-0.39, 0.29) is 29.5 Å². The fourth-order valence-corrected chi connectivity index (χ4v) is 6.15. The fourth-order valence-electron chi connectivity index (χ4n) is 6.15. The predicted molar refractivity (Wildman–Crippen MR) is 171 cm³/mol. The van der Waals surface area contributed by atoms with Crippen LogP contribution in [0.4, 0.5) is 10.5 Å². The summed E-state index contributed by atoms with van der Waals surface area (Å²) in [5.41, 5.74) is 1.32. The van der Waals surface area contributed by atoms with Crippen molar-refractivity contribution in [2.45, 2.75) is 31.0 Å². The molecule has 1 unspecified atom stereocenters. The van der Waals surface area contributed by atoms with Crippen LogP contribution in [-0.4, -0.2) is 92.8 Å². The molecule has 1 atom stereocenters. The number of carbonyl (C=O) groups excluding carboxylic acids is 4. The molecule has 0 bridgehead atoms. The van der Waals surface area contributed by atoms with E-state index in [0.717, 1.165) is 11.3 Å². The predicted octanol–water partition coefficient (Wildman–Crippen LogP) is 3.03. The van der Waals surface area contributed by atoms with Crippen LogP contribution < -0.4 is 25.0 Å². The van der Waals surface area contributed by atoms with Crippen molar-refractivity contribution in [3.63, 3.8) is 0 Å². The Morgan fingerprint density at radius 3 is 2.04 bits per heavy atom. The number of rotatable bonds is 10. The topological polar surface area (TPSA) is 130 Å². The molecule has 3 aromatic carbocycles. The average molecular weight is 630 g/mol. The van der Waals surface area contributed by atoms with Crippen molar-refractivity contribution >= 4 is 29.5 Å². The molecule has 3 aromatic rings. The van der Waals surface area contributed by atoms with Crippen molar-refractivity contribution in [1.82, 2.24) is 20.4 Å². The molecule has 2 N–H and O–H groups in total. The summed E-state index contributed by atoms with van der Waals surface area (Å²) in [6.45, 7) is 1.38. The Labute approximate surface area is 268 Å². The summed E-state index contributed by atoms with van der Waals surface area (Å²) < 4.78 is 15.5. The summed E-state index contributed by atoms with van der Waals surface area (Å²) in [5.74, 6) is -0.783. The zero-order chi connectivity index (χ0) is 32.7. The number of amides is 4. The first-order chi connectivity index (χ1) is 22.3. The maximum absolute atomic E-state index is 14.0. The van der Waals surface area contributed by atoms with Crippen LogP contribution in [-0.2, 0) is 20.9 Å². The first-order valence-corrected chi connectivity index (χ1v) is 15.1. The highest BCUT2D eigenvalue weighted by molar-refractivity contribution is 6.01. The second-order valence-corrected chi connectivity index (χ2v) is 11.2. The van der Waals surface area contributed by atoms with Gasteiger partial charge in [-0.3, -0.25) is 9.59 Å². The Kier molecular flexibility index (Phi) is 9.94. The van der Waals surface area contributed by atoms with Crippen LogP contribution in [0.5, 0.6) is 11.5 Å². The zero-order valence-corrected chi connectivity index (χ0v) is 26.2. The lowest BCUT2D eigenvalue weighted by atomic mass is 9.85. The molecule has 1 spiro atoms. The minimum atomic E-state index is -1.18. The van der Waals surface area contributed by atoms with E-state index < -0.39 is 29.5 Å². The standard InChI is InChI=1S/C34H39N5O7/c1-44-27-15-10-16-28(45-2)29(27)30(40)36-26(31(41)46-3)21-35-33(43)37-19-17-34(18-20-37)32(42)38(22-24-11-6-4-7-12-24)23-39(34)25-13-8-5-9-14-25/h4-16,26H,17-23H2,1-3H3,(H,35,43)(H,36,40). The molecule has 5 rings (SSSR count). The summed E-state index contributed by atoms with van der Waals surface area (Å²) in [7, 11) is 4.05. The highest BCUT2D eigenvalue weighted by atomic mass is 16.5.